The van der Waals surface area contributed by atoms with Crippen LogP contribution in [0.5, 0.6) is 0 Å². The number of imidazole rings is 1. The van der Waals surface area contributed by atoms with Gasteiger partial charge in [-0.1, -0.05) is 0 Å². The summed E-state index contributed by atoms with van der Waals surface area (Å²) in [5.74, 6) is -2.77. The van der Waals surface area contributed by atoms with Crippen LogP contribution in [-0.4, -0.2) is 50.9 Å². The van der Waals surface area contributed by atoms with Crippen molar-refractivity contribution in [3.8, 4) is 22.8 Å². The van der Waals surface area contributed by atoms with Gasteiger partial charge >= 0.3 is 18.1 Å². The molecule has 0 radical (unpaired) electrons. The molecule has 0 amide bonds. The van der Waals surface area contributed by atoms with E-state index in [1.54, 1.807) is 12.3 Å². The van der Waals surface area contributed by atoms with Gasteiger partial charge in [0.15, 0.2) is 19.3 Å². The smallest absolute Gasteiger partial charge is 0.443 e. The summed E-state index contributed by atoms with van der Waals surface area (Å²) in [5, 5.41) is 7.54. The number of alkyl halides is 3. The Balaban J connectivity index is 1.88. The highest BCUT2D eigenvalue weighted by atomic mass is 19.4. The van der Waals surface area contributed by atoms with E-state index in [2.05, 4.69) is 25.1 Å². The lowest BCUT2D eigenvalue weighted by Gasteiger charge is -2.06. The van der Waals surface area contributed by atoms with Crippen molar-refractivity contribution in [2.45, 2.75) is 33.5 Å². The third kappa shape index (κ3) is 4.51. The standard InChI is InChI=1S/C18H15F3N8O4/c1-10(30)32-8-27-7-12(6-23-27)14-13(24-17-22-4-3-5-28(14)17)15-25-16(18(19,20)21)26-29(15)9-33-11(2)31/h3-7H,8-9H2,1-2H3. The lowest BCUT2D eigenvalue weighted by molar-refractivity contribution is -0.147. The molecule has 4 heterocycles. The molecular weight excluding hydrogens is 449 g/mol. The predicted molar refractivity (Wildman–Crippen MR) is 102 cm³/mol. The Morgan fingerprint density at radius 2 is 1.82 bits per heavy atom. The van der Waals surface area contributed by atoms with Crippen molar-refractivity contribution < 1.29 is 32.2 Å². The third-order valence-electron chi connectivity index (χ3n) is 4.24. The SMILES string of the molecule is CC(=O)OCn1cc(-c2c(-c3nc(C(F)(F)F)nn3COC(C)=O)nc3ncccn23)cn1. The number of esters is 2. The Morgan fingerprint density at radius 3 is 2.52 bits per heavy atom. The van der Waals surface area contributed by atoms with E-state index in [0.29, 0.717) is 11.3 Å². The number of hydrogen-bond donors (Lipinski definition) is 0. The summed E-state index contributed by atoms with van der Waals surface area (Å²) in [7, 11) is 0. The van der Waals surface area contributed by atoms with Crippen LogP contribution < -0.4 is 0 Å². The molecule has 0 aliphatic carbocycles. The average molecular weight is 464 g/mol. The van der Waals surface area contributed by atoms with Crippen molar-refractivity contribution in [2.24, 2.45) is 0 Å². The maximum Gasteiger partial charge on any atom is 0.453 e. The first-order valence-corrected chi connectivity index (χ1v) is 9.28. The summed E-state index contributed by atoms with van der Waals surface area (Å²) in [4.78, 5) is 34.4. The number of carbonyl (C=O) groups is 2. The molecule has 0 spiro atoms. The second-order valence-corrected chi connectivity index (χ2v) is 6.65. The van der Waals surface area contributed by atoms with Gasteiger partial charge in [-0.15, -0.1) is 5.10 Å². The summed E-state index contributed by atoms with van der Waals surface area (Å²) < 4.78 is 53.4. The highest BCUT2D eigenvalue weighted by Crippen LogP contribution is 2.34. The topological polar surface area (TPSA) is 131 Å². The minimum absolute atomic E-state index is 0.00381. The van der Waals surface area contributed by atoms with E-state index in [0.717, 1.165) is 11.6 Å². The number of halogens is 3. The van der Waals surface area contributed by atoms with Crippen LogP contribution in [0.15, 0.2) is 30.9 Å². The maximum atomic E-state index is 13.3. The van der Waals surface area contributed by atoms with E-state index >= 15 is 0 Å². The van der Waals surface area contributed by atoms with Gasteiger partial charge in [-0.2, -0.15) is 18.3 Å². The molecule has 4 aromatic heterocycles. The van der Waals surface area contributed by atoms with E-state index < -0.39 is 30.7 Å². The zero-order valence-corrected chi connectivity index (χ0v) is 17.1. The quantitative estimate of drug-likeness (QED) is 0.393. The molecular formula is C18H15F3N8O4. The second-order valence-electron chi connectivity index (χ2n) is 6.65. The predicted octanol–water partition coefficient (Wildman–Crippen LogP) is 1.91. The van der Waals surface area contributed by atoms with Gasteiger partial charge in [-0.25, -0.2) is 24.3 Å². The van der Waals surface area contributed by atoms with Crippen molar-refractivity contribution >= 4 is 17.7 Å². The van der Waals surface area contributed by atoms with Gasteiger partial charge in [0, 0.05) is 38.0 Å². The van der Waals surface area contributed by atoms with E-state index in [4.69, 9.17) is 9.47 Å². The number of hydrogen-bond acceptors (Lipinski definition) is 9. The molecule has 0 N–H and O–H groups in total. The zero-order valence-electron chi connectivity index (χ0n) is 17.1. The summed E-state index contributed by atoms with van der Waals surface area (Å²) in [6.45, 7) is 1.58. The maximum absolute atomic E-state index is 13.3. The van der Waals surface area contributed by atoms with Crippen LogP contribution in [0.2, 0.25) is 0 Å². The van der Waals surface area contributed by atoms with Gasteiger partial charge in [-0.05, 0) is 6.07 Å². The number of rotatable bonds is 6. The van der Waals surface area contributed by atoms with E-state index in [1.807, 2.05) is 0 Å². The molecule has 0 aliphatic heterocycles. The van der Waals surface area contributed by atoms with Gasteiger partial charge in [0.1, 0.15) is 5.69 Å². The Bertz CT molecular complexity index is 1340. The van der Waals surface area contributed by atoms with E-state index in [-0.39, 0.29) is 24.0 Å². The number of ether oxygens (including phenoxy) is 2. The molecule has 0 aliphatic rings. The zero-order chi connectivity index (χ0) is 23.8. The molecule has 0 atom stereocenters. The molecule has 0 bridgehead atoms. The lowest BCUT2D eigenvalue weighted by Crippen LogP contribution is -2.12. The van der Waals surface area contributed by atoms with Crippen LogP contribution in [0.3, 0.4) is 0 Å². The first kappa shape index (κ1) is 21.9. The fourth-order valence-electron chi connectivity index (χ4n) is 2.91. The van der Waals surface area contributed by atoms with Crippen LogP contribution in [-0.2, 0) is 38.7 Å². The average Bonchev–Trinajstić information content (AvgIpc) is 3.45. The first-order chi connectivity index (χ1) is 15.6. The summed E-state index contributed by atoms with van der Waals surface area (Å²) in [6, 6.07) is 1.61. The molecule has 0 aromatic carbocycles. The van der Waals surface area contributed by atoms with E-state index in [1.165, 1.54) is 34.6 Å². The first-order valence-electron chi connectivity index (χ1n) is 9.28. The molecule has 33 heavy (non-hydrogen) atoms. The van der Waals surface area contributed by atoms with Crippen LogP contribution in [0, 0.1) is 0 Å². The highest BCUT2D eigenvalue weighted by molar-refractivity contribution is 5.78. The normalized spacial score (nSPS) is 11.7. The Hall–Kier alpha value is -4.30. The monoisotopic (exact) mass is 464 g/mol. The molecule has 12 nitrogen and oxygen atoms in total. The van der Waals surface area contributed by atoms with Gasteiger partial charge in [-0.3, -0.25) is 14.0 Å². The van der Waals surface area contributed by atoms with Crippen molar-refractivity contribution in [1.82, 2.24) is 38.9 Å². The van der Waals surface area contributed by atoms with Gasteiger partial charge < -0.3 is 9.47 Å². The highest BCUT2D eigenvalue weighted by Gasteiger charge is 2.38. The summed E-state index contributed by atoms with van der Waals surface area (Å²) in [6.07, 6.45) is 1.16. The molecule has 0 fully saturated rings. The molecule has 4 rings (SSSR count). The van der Waals surface area contributed by atoms with Crippen molar-refractivity contribution in [3.63, 3.8) is 0 Å². The molecule has 15 heteroatoms. The molecule has 0 saturated carbocycles. The van der Waals surface area contributed by atoms with Crippen LogP contribution in [0.4, 0.5) is 13.2 Å². The van der Waals surface area contributed by atoms with Crippen molar-refractivity contribution in [3.05, 3.63) is 36.7 Å². The number of fused-ring (bicyclic) bond motifs is 1. The van der Waals surface area contributed by atoms with Gasteiger partial charge in [0.2, 0.25) is 5.78 Å². The Morgan fingerprint density at radius 1 is 1.09 bits per heavy atom. The third-order valence-corrected chi connectivity index (χ3v) is 4.24. The minimum atomic E-state index is -4.84. The Labute approximate surface area is 182 Å². The number of aromatic nitrogens is 8. The fourth-order valence-corrected chi connectivity index (χ4v) is 2.91. The van der Waals surface area contributed by atoms with Crippen LogP contribution in [0.25, 0.3) is 28.6 Å². The Kier molecular flexibility index (Phi) is 5.53. The van der Waals surface area contributed by atoms with Gasteiger partial charge in [0.25, 0.3) is 5.82 Å². The second kappa shape index (κ2) is 8.33. The van der Waals surface area contributed by atoms with Crippen molar-refractivity contribution in [1.29, 1.82) is 0 Å². The molecule has 0 unspecified atom stereocenters. The number of nitrogens with zero attached hydrogens (tertiary/aromatic N) is 8. The van der Waals surface area contributed by atoms with Crippen molar-refractivity contribution in [2.75, 3.05) is 0 Å². The van der Waals surface area contributed by atoms with Gasteiger partial charge in [0.05, 0.1) is 11.9 Å². The number of carbonyl (C=O) groups excluding carboxylic acids is 2. The summed E-state index contributed by atoms with van der Waals surface area (Å²) >= 11 is 0. The summed E-state index contributed by atoms with van der Waals surface area (Å²) in [5.41, 5.74) is 0.724. The molecule has 4 aromatic rings. The fraction of sp³-hybridized carbons (Fsp3) is 0.278. The molecule has 0 saturated heterocycles. The lowest BCUT2D eigenvalue weighted by atomic mass is 10.2. The van der Waals surface area contributed by atoms with Crippen LogP contribution in [0.1, 0.15) is 19.7 Å². The van der Waals surface area contributed by atoms with E-state index in [9.17, 15) is 22.8 Å². The molecule has 172 valence electrons. The van der Waals surface area contributed by atoms with Crippen LogP contribution >= 0.6 is 0 Å². The largest absolute Gasteiger partial charge is 0.453 e. The minimum Gasteiger partial charge on any atom is -0.443 e.